The molecule has 96 valence electrons. The van der Waals surface area contributed by atoms with Gasteiger partial charge in [0.2, 0.25) is 0 Å². The first-order valence-electron chi connectivity index (χ1n) is 5.48. The van der Waals surface area contributed by atoms with E-state index in [4.69, 9.17) is 17.3 Å². The second kappa shape index (κ2) is 6.69. The topological polar surface area (TPSA) is 51.8 Å². The van der Waals surface area contributed by atoms with Crippen molar-refractivity contribution in [3.05, 3.63) is 46.9 Å². The van der Waals surface area contributed by atoms with E-state index >= 15 is 0 Å². The van der Waals surface area contributed by atoms with E-state index in [-0.39, 0.29) is 12.4 Å². The molecule has 0 saturated heterocycles. The van der Waals surface area contributed by atoms with Gasteiger partial charge < -0.3 is 5.73 Å². The van der Waals surface area contributed by atoms with Crippen LogP contribution >= 0.6 is 24.0 Å². The van der Waals surface area contributed by atoms with Crippen LogP contribution in [0.25, 0.3) is 11.3 Å². The molecule has 0 spiro atoms. The highest BCUT2D eigenvalue weighted by molar-refractivity contribution is 6.29. The van der Waals surface area contributed by atoms with Gasteiger partial charge in [-0.05, 0) is 37.1 Å². The van der Waals surface area contributed by atoms with Gasteiger partial charge in [-0.15, -0.1) is 12.4 Å². The first-order valence-corrected chi connectivity index (χ1v) is 5.86. The molecule has 2 rings (SSSR count). The molecule has 0 fully saturated rings. The fraction of sp³-hybridized carbons (Fsp3) is 0.231. The highest BCUT2D eigenvalue weighted by Gasteiger charge is 2.04. The molecule has 0 aliphatic carbocycles. The zero-order valence-electron chi connectivity index (χ0n) is 10.1. The van der Waals surface area contributed by atoms with Crippen LogP contribution < -0.4 is 5.73 Å². The molecule has 0 aliphatic heterocycles. The summed E-state index contributed by atoms with van der Waals surface area (Å²) in [5.41, 5.74) is 9.95. The van der Waals surface area contributed by atoms with Crippen molar-refractivity contribution in [2.24, 2.45) is 5.73 Å². The molecule has 1 heterocycles. The van der Waals surface area contributed by atoms with Crippen molar-refractivity contribution in [3.8, 4) is 11.3 Å². The Labute approximate surface area is 118 Å². The van der Waals surface area contributed by atoms with Gasteiger partial charge in [-0.25, -0.2) is 9.97 Å². The molecule has 0 saturated carbocycles. The van der Waals surface area contributed by atoms with Crippen molar-refractivity contribution in [1.29, 1.82) is 0 Å². The van der Waals surface area contributed by atoms with Crippen LogP contribution in [0.3, 0.4) is 0 Å². The number of hydrogen-bond acceptors (Lipinski definition) is 3. The van der Waals surface area contributed by atoms with Gasteiger partial charge in [-0.1, -0.05) is 23.7 Å². The summed E-state index contributed by atoms with van der Waals surface area (Å²) < 4.78 is 0. The van der Waals surface area contributed by atoms with Gasteiger partial charge in [-0.2, -0.15) is 0 Å². The zero-order chi connectivity index (χ0) is 12.3. The normalized spacial score (nSPS) is 9.94. The Kier molecular flexibility index (Phi) is 5.54. The molecule has 0 bridgehead atoms. The summed E-state index contributed by atoms with van der Waals surface area (Å²) in [5.74, 6) is 0. The molecule has 2 aromatic rings. The van der Waals surface area contributed by atoms with Gasteiger partial charge in [-0.3, -0.25) is 0 Å². The number of benzene rings is 1. The van der Waals surface area contributed by atoms with Crippen LogP contribution in [0, 0.1) is 6.92 Å². The Morgan fingerprint density at radius 3 is 2.61 bits per heavy atom. The van der Waals surface area contributed by atoms with E-state index in [2.05, 4.69) is 29.0 Å². The van der Waals surface area contributed by atoms with Gasteiger partial charge in [0.25, 0.3) is 0 Å². The Bertz CT molecular complexity index is 529. The third-order valence-electron chi connectivity index (χ3n) is 2.69. The van der Waals surface area contributed by atoms with E-state index < -0.39 is 0 Å². The highest BCUT2D eigenvalue weighted by atomic mass is 35.5. The predicted octanol–water partition coefficient (Wildman–Crippen LogP) is 3.03. The molecule has 3 nitrogen and oxygen atoms in total. The van der Waals surface area contributed by atoms with E-state index in [0.29, 0.717) is 11.7 Å². The van der Waals surface area contributed by atoms with Gasteiger partial charge in [0.05, 0.1) is 5.69 Å². The third kappa shape index (κ3) is 3.42. The Morgan fingerprint density at radius 1 is 1.22 bits per heavy atom. The molecule has 5 heteroatoms. The summed E-state index contributed by atoms with van der Waals surface area (Å²) in [5, 5.41) is 0.457. The fourth-order valence-electron chi connectivity index (χ4n) is 1.78. The maximum absolute atomic E-state index is 5.85. The maximum atomic E-state index is 5.85. The first kappa shape index (κ1) is 14.9. The van der Waals surface area contributed by atoms with Gasteiger partial charge >= 0.3 is 0 Å². The molecule has 18 heavy (non-hydrogen) atoms. The lowest BCUT2D eigenvalue weighted by atomic mass is 10.0. The number of hydrogen-bond donors (Lipinski definition) is 1. The molecule has 1 aromatic carbocycles. The number of nitrogens with two attached hydrogens (primary N) is 1. The van der Waals surface area contributed by atoms with Crippen molar-refractivity contribution >= 4 is 24.0 Å². The highest BCUT2D eigenvalue weighted by Crippen LogP contribution is 2.22. The Hall–Kier alpha value is -1.16. The summed E-state index contributed by atoms with van der Waals surface area (Å²) in [7, 11) is 0. The smallest absolute Gasteiger partial charge is 0.133 e. The standard InChI is InChI=1S/C13H14ClN3.ClH/c1-9-6-11(3-2-10(9)4-5-15)12-7-13(14)17-8-16-12;/h2-3,6-8H,4-5,15H2,1H3;1H. The number of aryl methyl sites for hydroxylation is 1. The molecule has 2 N–H and O–H groups in total. The minimum atomic E-state index is 0. The van der Waals surface area contributed by atoms with Crippen LogP contribution in [0.15, 0.2) is 30.6 Å². The van der Waals surface area contributed by atoms with E-state index in [1.165, 1.54) is 17.5 Å². The van der Waals surface area contributed by atoms with E-state index in [1.807, 2.05) is 6.07 Å². The second-order valence-corrected chi connectivity index (χ2v) is 4.29. The van der Waals surface area contributed by atoms with Crippen molar-refractivity contribution in [3.63, 3.8) is 0 Å². The lowest BCUT2D eigenvalue weighted by molar-refractivity contribution is 0.958. The van der Waals surface area contributed by atoms with Crippen molar-refractivity contribution in [1.82, 2.24) is 9.97 Å². The monoisotopic (exact) mass is 283 g/mol. The summed E-state index contributed by atoms with van der Waals surface area (Å²) >= 11 is 5.85. The van der Waals surface area contributed by atoms with Gasteiger partial charge in [0, 0.05) is 11.6 Å². The SMILES string of the molecule is Cc1cc(-c2cc(Cl)ncn2)ccc1CCN.Cl. The van der Waals surface area contributed by atoms with Crippen LogP contribution in [0.4, 0.5) is 0 Å². The Morgan fingerprint density at radius 2 is 2.00 bits per heavy atom. The van der Waals surface area contributed by atoms with E-state index in [1.54, 1.807) is 6.07 Å². The maximum Gasteiger partial charge on any atom is 0.133 e. The van der Waals surface area contributed by atoms with Crippen molar-refractivity contribution < 1.29 is 0 Å². The molecule has 0 atom stereocenters. The van der Waals surface area contributed by atoms with Crippen LogP contribution in [-0.4, -0.2) is 16.5 Å². The average molecular weight is 284 g/mol. The third-order valence-corrected chi connectivity index (χ3v) is 2.89. The number of halogens is 2. The molecular weight excluding hydrogens is 269 g/mol. The minimum Gasteiger partial charge on any atom is -0.330 e. The fourth-order valence-corrected chi connectivity index (χ4v) is 1.93. The lowest BCUT2D eigenvalue weighted by Gasteiger charge is -2.07. The van der Waals surface area contributed by atoms with Crippen LogP contribution in [0.1, 0.15) is 11.1 Å². The van der Waals surface area contributed by atoms with E-state index in [0.717, 1.165) is 17.7 Å². The Balaban J connectivity index is 0.00000162. The summed E-state index contributed by atoms with van der Waals surface area (Å²) in [6.07, 6.45) is 2.37. The number of aromatic nitrogens is 2. The number of rotatable bonds is 3. The van der Waals surface area contributed by atoms with Crippen molar-refractivity contribution in [2.75, 3.05) is 6.54 Å². The quantitative estimate of drug-likeness (QED) is 0.881. The van der Waals surface area contributed by atoms with Crippen molar-refractivity contribution in [2.45, 2.75) is 13.3 Å². The summed E-state index contributed by atoms with van der Waals surface area (Å²) in [6.45, 7) is 2.75. The molecular formula is C13H15Cl2N3. The second-order valence-electron chi connectivity index (χ2n) is 3.91. The van der Waals surface area contributed by atoms with Crippen LogP contribution in [-0.2, 0) is 6.42 Å². The molecule has 0 amide bonds. The zero-order valence-corrected chi connectivity index (χ0v) is 11.6. The number of nitrogens with zero attached hydrogens (tertiary/aromatic N) is 2. The first-order chi connectivity index (χ1) is 8.20. The van der Waals surface area contributed by atoms with Gasteiger partial charge in [0.1, 0.15) is 11.5 Å². The lowest BCUT2D eigenvalue weighted by Crippen LogP contribution is -2.04. The minimum absolute atomic E-state index is 0. The largest absolute Gasteiger partial charge is 0.330 e. The summed E-state index contributed by atoms with van der Waals surface area (Å²) in [6, 6.07) is 7.99. The molecule has 1 aromatic heterocycles. The average Bonchev–Trinajstić information content (AvgIpc) is 2.32. The summed E-state index contributed by atoms with van der Waals surface area (Å²) in [4.78, 5) is 8.08. The molecule has 0 aliphatic rings. The van der Waals surface area contributed by atoms with Crippen LogP contribution in [0.5, 0.6) is 0 Å². The molecule has 0 radical (unpaired) electrons. The van der Waals surface area contributed by atoms with Crippen LogP contribution in [0.2, 0.25) is 5.15 Å². The molecule has 0 unspecified atom stereocenters. The van der Waals surface area contributed by atoms with E-state index in [9.17, 15) is 0 Å². The van der Waals surface area contributed by atoms with Gasteiger partial charge in [0.15, 0.2) is 0 Å². The predicted molar refractivity (Wildman–Crippen MR) is 77.2 cm³/mol.